The average Bonchev–Trinajstić information content (AvgIpc) is 2.29. The summed E-state index contributed by atoms with van der Waals surface area (Å²) in [5.74, 6) is -0.690. The third-order valence-electron chi connectivity index (χ3n) is 3.20. The van der Waals surface area contributed by atoms with Crippen LogP contribution in [0.1, 0.15) is 18.4 Å². The zero-order valence-corrected chi connectivity index (χ0v) is 11.1. The van der Waals surface area contributed by atoms with Crippen LogP contribution in [0.25, 0.3) is 0 Å². The van der Waals surface area contributed by atoms with Gasteiger partial charge in [-0.15, -0.1) is 0 Å². The lowest BCUT2D eigenvalue weighted by atomic mass is 10.1. The topological polar surface area (TPSA) is 63.4 Å². The van der Waals surface area contributed by atoms with Crippen LogP contribution in [0, 0.1) is 12.7 Å². The second kappa shape index (κ2) is 4.95. The summed E-state index contributed by atoms with van der Waals surface area (Å²) in [5, 5.41) is 0. The number of nitrogens with zero attached hydrogens (tertiary/aromatic N) is 1. The number of hydrogen-bond acceptors (Lipinski definition) is 3. The molecule has 2 rings (SSSR count). The van der Waals surface area contributed by atoms with Gasteiger partial charge < -0.3 is 5.73 Å². The Labute approximate surface area is 107 Å². The van der Waals surface area contributed by atoms with Gasteiger partial charge in [0.1, 0.15) is 10.7 Å². The van der Waals surface area contributed by atoms with E-state index in [4.69, 9.17) is 5.73 Å². The van der Waals surface area contributed by atoms with Gasteiger partial charge in [-0.05, 0) is 37.5 Å². The molecular weight excluding hydrogens is 255 g/mol. The molecule has 1 aromatic carbocycles. The van der Waals surface area contributed by atoms with Gasteiger partial charge in [0.15, 0.2) is 0 Å². The van der Waals surface area contributed by atoms with Crippen molar-refractivity contribution in [2.24, 2.45) is 5.73 Å². The highest BCUT2D eigenvalue weighted by Crippen LogP contribution is 2.23. The van der Waals surface area contributed by atoms with Crippen molar-refractivity contribution in [2.45, 2.75) is 30.7 Å². The largest absolute Gasteiger partial charge is 0.328 e. The molecule has 0 amide bonds. The predicted molar refractivity (Wildman–Crippen MR) is 67.1 cm³/mol. The minimum atomic E-state index is -3.73. The molecule has 1 aromatic rings. The minimum absolute atomic E-state index is 0.0410. The van der Waals surface area contributed by atoms with Gasteiger partial charge in [-0.3, -0.25) is 0 Å². The lowest BCUT2D eigenvalue weighted by Gasteiger charge is -2.29. The second-order valence-corrected chi connectivity index (χ2v) is 6.58. The van der Waals surface area contributed by atoms with Crippen molar-refractivity contribution >= 4 is 10.0 Å². The molecule has 100 valence electrons. The number of piperidine rings is 1. The van der Waals surface area contributed by atoms with E-state index in [1.165, 1.54) is 16.4 Å². The van der Waals surface area contributed by atoms with E-state index in [9.17, 15) is 12.8 Å². The Morgan fingerprint density at radius 1 is 1.33 bits per heavy atom. The predicted octanol–water partition coefficient (Wildman–Crippen LogP) is 1.25. The van der Waals surface area contributed by atoms with Gasteiger partial charge in [0.05, 0.1) is 0 Å². The molecule has 0 aromatic heterocycles. The van der Waals surface area contributed by atoms with E-state index >= 15 is 0 Å². The fourth-order valence-corrected chi connectivity index (χ4v) is 3.59. The molecule has 0 unspecified atom stereocenters. The fraction of sp³-hybridized carbons (Fsp3) is 0.500. The van der Waals surface area contributed by atoms with E-state index in [2.05, 4.69) is 0 Å². The summed E-state index contributed by atoms with van der Waals surface area (Å²) in [6.07, 6.45) is 1.24. The Morgan fingerprint density at radius 2 is 1.94 bits per heavy atom. The third kappa shape index (κ3) is 2.55. The molecule has 1 aliphatic rings. The van der Waals surface area contributed by atoms with Crippen LogP contribution in [-0.2, 0) is 10.0 Å². The van der Waals surface area contributed by atoms with Crippen LogP contribution in [0.2, 0.25) is 0 Å². The highest BCUT2D eigenvalue weighted by molar-refractivity contribution is 7.89. The Bertz CT molecular complexity index is 537. The van der Waals surface area contributed by atoms with E-state index in [-0.39, 0.29) is 10.9 Å². The first kappa shape index (κ1) is 13.5. The first-order valence-corrected chi connectivity index (χ1v) is 7.37. The van der Waals surface area contributed by atoms with Gasteiger partial charge in [0.2, 0.25) is 10.0 Å². The van der Waals surface area contributed by atoms with Crippen LogP contribution in [-0.4, -0.2) is 31.9 Å². The maximum atomic E-state index is 13.7. The standard InChI is InChI=1S/C12H17FN2O2S/c1-9-2-3-12(11(13)8-9)18(16,17)15-6-4-10(14)5-7-15/h2-3,8,10H,4-7,14H2,1H3. The molecule has 2 N–H and O–H groups in total. The fourth-order valence-electron chi connectivity index (χ4n) is 2.07. The van der Waals surface area contributed by atoms with Crippen molar-refractivity contribution < 1.29 is 12.8 Å². The Kier molecular flexibility index (Phi) is 3.70. The maximum Gasteiger partial charge on any atom is 0.245 e. The van der Waals surface area contributed by atoms with Crippen molar-refractivity contribution in [1.29, 1.82) is 0 Å². The quantitative estimate of drug-likeness (QED) is 0.881. The smallest absolute Gasteiger partial charge is 0.245 e. The SMILES string of the molecule is Cc1ccc(S(=O)(=O)N2CCC(N)CC2)c(F)c1. The van der Waals surface area contributed by atoms with Gasteiger partial charge >= 0.3 is 0 Å². The summed E-state index contributed by atoms with van der Waals surface area (Å²) >= 11 is 0. The number of sulfonamides is 1. The lowest BCUT2D eigenvalue weighted by Crippen LogP contribution is -2.42. The number of aryl methyl sites for hydroxylation is 1. The molecule has 0 saturated carbocycles. The van der Waals surface area contributed by atoms with Gasteiger partial charge in [-0.2, -0.15) is 4.31 Å². The summed E-state index contributed by atoms with van der Waals surface area (Å²) in [7, 11) is -3.73. The third-order valence-corrected chi connectivity index (χ3v) is 5.14. The molecule has 0 spiro atoms. The van der Waals surface area contributed by atoms with E-state index in [1.54, 1.807) is 13.0 Å². The van der Waals surface area contributed by atoms with Crippen LogP contribution >= 0.6 is 0 Å². The molecule has 0 atom stereocenters. The van der Waals surface area contributed by atoms with Gasteiger partial charge in [-0.25, -0.2) is 12.8 Å². The van der Waals surface area contributed by atoms with Crippen LogP contribution in [0.15, 0.2) is 23.1 Å². The van der Waals surface area contributed by atoms with Crippen molar-refractivity contribution in [2.75, 3.05) is 13.1 Å². The molecule has 1 saturated heterocycles. The number of nitrogens with two attached hydrogens (primary N) is 1. The number of hydrogen-bond donors (Lipinski definition) is 1. The Balaban J connectivity index is 2.30. The zero-order chi connectivity index (χ0) is 13.3. The van der Waals surface area contributed by atoms with Crippen molar-refractivity contribution in [1.82, 2.24) is 4.31 Å². The summed E-state index contributed by atoms with van der Waals surface area (Å²) in [5.41, 5.74) is 6.43. The lowest BCUT2D eigenvalue weighted by molar-refractivity contribution is 0.319. The van der Waals surface area contributed by atoms with Crippen LogP contribution in [0.4, 0.5) is 4.39 Å². The Hall–Kier alpha value is -0.980. The highest BCUT2D eigenvalue weighted by Gasteiger charge is 2.30. The molecule has 1 fully saturated rings. The van der Waals surface area contributed by atoms with Crippen LogP contribution < -0.4 is 5.73 Å². The number of benzene rings is 1. The van der Waals surface area contributed by atoms with Crippen molar-refractivity contribution in [3.8, 4) is 0 Å². The van der Waals surface area contributed by atoms with Gasteiger partial charge in [0.25, 0.3) is 0 Å². The molecule has 0 aliphatic carbocycles. The average molecular weight is 272 g/mol. The monoisotopic (exact) mass is 272 g/mol. The number of halogens is 1. The van der Waals surface area contributed by atoms with E-state index < -0.39 is 15.8 Å². The Morgan fingerprint density at radius 3 is 2.50 bits per heavy atom. The molecule has 6 heteroatoms. The van der Waals surface area contributed by atoms with Crippen LogP contribution in [0.3, 0.4) is 0 Å². The summed E-state index contributed by atoms with van der Waals surface area (Å²) in [6, 6.07) is 4.21. The van der Waals surface area contributed by atoms with E-state index in [0.29, 0.717) is 31.5 Å². The summed E-state index contributed by atoms with van der Waals surface area (Å²) in [6.45, 7) is 2.44. The molecule has 0 bridgehead atoms. The molecular formula is C12H17FN2O2S. The van der Waals surface area contributed by atoms with E-state index in [0.717, 1.165) is 0 Å². The normalized spacial score (nSPS) is 19.1. The molecule has 18 heavy (non-hydrogen) atoms. The first-order chi connectivity index (χ1) is 8.41. The van der Waals surface area contributed by atoms with Gasteiger partial charge in [0, 0.05) is 19.1 Å². The first-order valence-electron chi connectivity index (χ1n) is 5.93. The van der Waals surface area contributed by atoms with Crippen molar-refractivity contribution in [3.63, 3.8) is 0 Å². The zero-order valence-electron chi connectivity index (χ0n) is 10.3. The minimum Gasteiger partial charge on any atom is -0.328 e. The molecule has 0 radical (unpaired) electrons. The molecule has 1 aliphatic heterocycles. The van der Waals surface area contributed by atoms with Gasteiger partial charge in [-0.1, -0.05) is 6.07 Å². The van der Waals surface area contributed by atoms with E-state index in [1.807, 2.05) is 0 Å². The second-order valence-electron chi connectivity index (χ2n) is 4.68. The van der Waals surface area contributed by atoms with Crippen molar-refractivity contribution in [3.05, 3.63) is 29.6 Å². The summed E-state index contributed by atoms with van der Waals surface area (Å²) < 4.78 is 39.6. The summed E-state index contributed by atoms with van der Waals surface area (Å²) in [4.78, 5) is -0.247. The molecule has 4 nitrogen and oxygen atoms in total. The molecule has 1 heterocycles. The number of rotatable bonds is 2. The highest BCUT2D eigenvalue weighted by atomic mass is 32.2. The van der Waals surface area contributed by atoms with Crippen LogP contribution in [0.5, 0.6) is 0 Å². The maximum absolute atomic E-state index is 13.7.